The van der Waals surface area contributed by atoms with E-state index in [0.717, 1.165) is 6.54 Å². The van der Waals surface area contributed by atoms with Gasteiger partial charge in [-0.2, -0.15) is 0 Å². The maximum Gasteiger partial charge on any atom is 0.203 e. The highest BCUT2D eigenvalue weighted by Gasteiger charge is 2.08. The quantitative estimate of drug-likeness (QED) is 0.300. The molecule has 0 bridgehead atoms. The molecule has 1 heterocycles. The van der Waals surface area contributed by atoms with Crippen LogP contribution in [0.5, 0.6) is 0 Å². The first-order valence-electron chi connectivity index (χ1n) is 7.15. The zero-order chi connectivity index (χ0) is 14.2. The van der Waals surface area contributed by atoms with Gasteiger partial charge in [0.1, 0.15) is 0 Å². The molecule has 0 N–H and O–H groups in total. The number of aromatic nitrogens is 2. The van der Waals surface area contributed by atoms with Crippen molar-refractivity contribution in [2.24, 2.45) is 7.05 Å². The SMILES string of the molecule is Cn1[c-][n+](Cc2c3ccccc3cc3ccccc23)cc1. The van der Waals surface area contributed by atoms with Crippen molar-refractivity contribution in [1.82, 2.24) is 4.57 Å². The molecule has 3 aromatic carbocycles. The van der Waals surface area contributed by atoms with E-state index in [1.165, 1.54) is 27.1 Å². The highest BCUT2D eigenvalue weighted by atomic mass is 15.1. The molecular weight excluding hydrogens is 256 g/mol. The molecule has 4 rings (SSSR count). The lowest BCUT2D eigenvalue weighted by atomic mass is 9.97. The van der Waals surface area contributed by atoms with Gasteiger partial charge in [-0.25, -0.2) is 0 Å². The van der Waals surface area contributed by atoms with Gasteiger partial charge in [0.05, 0.1) is 13.6 Å². The largest absolute Gasteiger partial charge is 0.354 e. The van der Waals surface area contributed by atoms with E-state index in [-0.39, 0.29) is 0 Å². The maximum absolute atomic E-state index is 3.29. The van der Waals surface area contributed by atoms with Gasteiger partial charge in [0.25, 0.3) is 0 Å². The minimum atomic E-state index is 0.836. The van der Waals surface area contributed by atoms with Gasteiger partial charge in [-0.05, 0) is 40.0 Å². The second kappa shape index (κ2) is 4.74. The summed E-state index contributed by atoms with van der Waals surface area (Å²) in [5.41, 5.74) is 1.36. The van der Waals surface area contributed by atoms with Gasteiger partial charge in [0.15, 0.2) is 0 Å². The Morgan fingerprint density at radius 2 is 1.57 bits per heavy atom. The van der Waals surface area contributed by atoms with Crippen molar-refractivity contribution in [2.75, 3.05) is 0 Å². The summed E-state index contributed by atoms with van der Waals surface area (Å²) >= 11 is 0. The fourth-order valence-electron chi connectivity index (χ4n) is 2.99. The third-order valence-electron chi connectivity index (χ3n) is 3.97. The Kier molecular flexibility index (Phi) is 2.74. The fraction of sp³-hybridized carbons (Fsp3) is 0.105. The molecule has 0 spiro atoms. The number of imidazole rings is 1. The molecule has 0 saturated carbocycles. The topological polar surface area (TPSA) is 8.81 Å². The van der Waals surface area contributed by atoms with Crippen molar-refractivity contribution in [3.05, 3.63) is 78.9 Å². The molecule has 0 aliphatic carbocycles. The fourth-order valence-corrected chi connectivity index (χ4v) is 2.99. The summed E-state index contributed by atoms with van der Waals surface area (Å²) in [6.45, 7) is 0.836. The van der Waals surface area contributed by atoms with E-state index in [2.05, 4.69) is 71.7 Å². The van der Waals surface area contributed by atoms with E-state index in [4.69, 9.17) is 0 Å². The molecule has 21 heavy (non-hydrogen) atoms. The molecule has 0 aliphatic heterocycles. The first kappa shape index (κ1) is 12.2. The van der Waals surface area contributed by atoms with Crippen LogP contribution in [-0.2, 0) is 13.6 Å². The van der Waals surface area contributed by atoms with Crippen LogP contribution in [0, 0.1) is 6.33 Å². The highest BCUT2D eigenvalue weighted by molar-refractivity contribution is 6.02. The van der Waals surface area contributed by atoms with E-state index in [1.54, 1.807) is 0 Å². The lowest BCUT2D eigenvalue weighted by Crippen LogP contribution is -2.32. The number of hydrogen-bond donors (Lipinski definition) is 0. The molecule has 0 amide bonds. The maximum atomic E-state index is 3.29. The number of aryl methyl sites for hydroxylation is 1. The van der Waals surface area contributed by atoms with Crippen LogP contribution in [0.15, 0.2) is 67.0 Å². The van der Waals surface area contributed by atoms with Gasteiger partial charge in [0, 0.05) is 5.56 Å². The second-order valence-electron chi connectivity index (χ2n) is 5.43. The average molecular weight is 272 g/mol. The third-order valence-corrected chi connectivity index (χ3v) is 3.97. The van der Waals surface area contributed by atoms with E-state index in [0.29, 0.717) is 0 Å². The monoisotopic (exact) mass is 272 g/mol. The Morgan fingerprint density at radius 1 is 0.952 bits per heavy atom. The zero-order valence-electron chi connectivity index (χ0n) is 12.0. The molecule has 0 atom stereocenters. The predicted molar refractivity (Wildman–Crippen MR) is 85.0 cm³/mol. The first-order valence-corrected chi connectivity index (χ1v) is 7.15. The number of fused-ring (bicyclic) bond motifs is 2. The van der Waals surface area contributed by atoms with Crippen molar-refractivity contribution in [3.63, 3.8) is 0 Å². The summed E-state index contributed by atoms with van der Waals surface area (Å²) in [5.74, 6) is 0. The minimum Gasteiger partial charge on any atom is -0.354 e. The molecule has 102 valence electrons. The van der Waals surface area contributed by atoms with Gasteiger partial charge in [-0.15, -0.1) is 0 Å². The molecule has 4 aromatic rings. The molecular formula is C19H16N2. The molecule has 0 aliphatic rings. The number of hydrogen-bond acceptors (Lipinski definition) is 0. The van der Waals surface area contributed by atoms with Crippen LogP contribution in [0.2, 0.25) is 0 Å². The Bertz CT molecular complexity index is 881. The van der Waals surface area contributed by atoms with E-state index in [1.807, 2.05) is 17.8 Å². The number of rotatable bonds is 2. The minimum absolute atomic E-state index is 0.836. The van der Waals surface area contributed by atoms with Crippen molar-refractivity contribution >= 4 is 21.5 Å². The smallest absolute Gasteiger partial charge is 0.203 e. The van der Waals surface area contributed by atoms with E-state index >= 15 is 0 Å². The van der Waals surface area contributed by atoms with Crippen LogP contribution in [0.4, 0.5) is 0 Å². The summed E-state index contributed by atoms with van der Waals surface area (Å²) in [5, 5.41) is 5.23. The average Bonchev–Trinajstić information content (AvgIpc) is 2.92. The van der Waals surface area contributed by atoms with Gasteiger partial charge >= 0.3 is 0 Å². The molecule has 2 heteroatoms. The zero-order valence-corrected chi connectivity index (χ0v) is 12.0. The van der Waals surface area contributed by atoms with Crippen LogP contribution in [0.3, 0.4) is 0 Å². The van der Waals surface area contributed by atoms with Gasteiger partial charge in [-0.3, -0.25) is 0 Å². The summed E-state index contributed by atoms with van der Waals surface area (Å²) < 4.78 is 4.06. The van der Waals surface area contributed by atoms with Crippen molar-refractivity contribution in [3.8, 4) is 0 Å². The van der Waals surface area contributed by atoms with Gasteiger partial charge in [-0.1, -0.05) is 48.5 Å². The van der Waals surface area contributed by atoms with Gasteiger partial charge in [0.2, 0.25) is 6.33 Å². The third kappa shape index (κ3) is 2.09. The summed E-state index contributed by atoms with van der Waals surface area (Å²) in [4.78, 5) is 0. The molecule has 0 fully saturated rings. The number of benzene rings is 3. The Balaban J connectivity index is 2.01. The van der Waals surface area contributed by atoms with Crippen molar-refractivity contribution in [1.29, 1.82) is 0 Å². The first-order chi connectivity index (χ1) is 10.3. The molecule has 2 nitrogen and oxygen atoms in total. The molecule has 0 radical (unpaired) electrons. The van der Waals surface area contributed by atoms with Crippen LogP contribution >= 0.6 is 0 Å². The van der Waals surface area contributed by atoms with Crippen LogP contribution in [0.25, 0.3) is 21.5 Å². The highest BCUT2D eigenvalue weighted by Crippen LogP contribution is 2.28. The summed E-state index contributed by atoms with van der Waals surface area (Å²) in [7, 11) is 2.00. The lowest BCUT2D eigenvalue weighted by molar-refractivity contribution is -0.691. The molecule has 0 unspecified atom stereocenters. The Morgan fingerprint density at radius 3 is 2.14 bits per heavy atom. The van der Waals surface area contributed by atoms with Crippen molar-refractivity contribution < 1.29 is 4.57 Å². The standard InChI is InChI=1S/C19H16N2/c1-20-10-11-21(14-20)13-19-17-8-4-2-6-15(17)12-16-7-3-5-9-18(16)19/h2-12H,13H2,1H3. The van der Waals surface area contributed by atoms with E-state index < -0.39 is 0 Å². The Hall–Kier alpha value is -2.61. The van der Waals surface area contributed by atoms with Crippen LogP contribution in [0.1, 0.15) is 5.56 Å². The van der Waals surface area contributed by atoms with Crippen LogP contribution < -0.4 is 4.57 Å². The Labute approximate surface area is 123 Å². The van der Waals surface area contributed by atoms with Gasteiger partial charge < -0.3 is 9.13 Å². The molecule has 1 aromatic heterocycles. The lowest BCUT2D eigenvalue weighted by Gasteiger charge is -2.11. The summed E-state index contributed by atoms with van der Waals surface area (Å²) in [6, 6.07) is 19.5. The summed E-state index contributed by atoms with van der Waals surface area (Å²) in [6.07, 6.45) is 7.37. The normalized spacial score (nSPS) is 11.3. The van der Waals surface area contributed by atoms with Crippen molar-refractivity contribution in [2.45, 2.75) is 6.54 Å². The second-order valence-corrected chi connectivity index (χ2v) is 5.43. The molecule has 0 saturated heterocycles. The van der Waals surface area contributed by atoms with Crippen LogP contribution in [-0.4, -0.2) is 4.57 Å². The number of nitrogens with zero attached hydrogens (tertiary/aromatic N) is 2. The van der Waals surface area contributed by atoms with E-state index in [9.17, 15) is 0 Å². The predicted octanol–water partition coefficient (Wildman–Crippen LogP) is 3.47.